The molecule has 0 aliphatic carbocycles. The zero-order valence-electron chi connectivity index (χ0n) is 12.2. The Morgan fingerprint density at radius 3 is 3.00 bits per heavy atom. The van der Waals surface area contributed by atoms with Gasteiger partial charge in [0.2, 0.25) is 5.91 Å². The molecule has 0 saturated carbocycles. The first-order valence-corrected chi connectivity index (χ1v) is 7.99. The van der Waals surface area contributed by atoms with Gasteiger partial charge < -0.3 is 5.32 Å². The van der Waals surface area contributed by atoms with Crippen molar-refractivity contribution in [1.29, 1.82) is 0 Å². The number of aryl methyl sites for hydroxylation is 1. The van der Waals surface area contributed by atoms with E-state index in [-0.39, 0.29) is 17.2 Å². The van der Waals surface area contributed by atoms with Crippen LogP contribution >= 0.6 is 11.8 Å². The fourth-order valence-corrected chi connectivity index (χ4v) is 3.79. The number of fused-ring (bicyclic) bond motifs is 1. The monoisotopic (exact) mass is 298 g/mol. The molecule has 1 amide bonds. The highest BCUT2D eigenvalue weighted by Crippen LogP contribution is 2.37. The van der Waals surface area contributed by atoms with Crippen molar-refractivity contribution in [1.82, 2.24) is 10.3 Å². The van der Waals surface area contributed by atoms with E-state index >= 15 is 0 Å². The van der Waals surface area contributed by atoms with Gasteiger partial charge in [-0.05, 0) is 44.0 Å². The molecule has 4 heteroatoms. The van der Waals surface area contributed by atoms with Gasteiger partial charge >= 0.3 is 0 Å². The van der Waals surface area contributed by atoms with Gasteiger partial charge in [0.15, 0.2) is 0 Å². The van der Waals surface area contributed by atoms with Crippen molar-refractivity contribution in [2.75, 3.05) is 0 Å². The van der Waals surface area contributed by atoms with Crippen molar-refractivity contribution in [3.05, 3.63) is 59.4 Å². The van der Waals surface area contributed by atoms with Crippen LogP contribution in [-0.2, 0) is 11.2 Å². The zero-order chi connectivity index (χ0) is 14.8. The Kier molecular flexibility index (Phi) is 3.97. The van der Waals surface area contributed by atoms with Gasteiger partial charge in [-0.1, -0.05) is 23.8 Å². The molecule has 1 aromatic carbocycles. The van der Waals surface area contributed by atoms with Crippen LogP contribution in [0, 0.1) is 6.92 Å². The fourth-order valence-electron chi connectivity index (χ4n) is 2.49. The lowest BCUT2D eigenvalue weighted by Crippen LogP contribution is -2.34. The quantitative estimate of drug-likeness (QED) is 0.945. The molecular formula is C17H18N2OS. The number of hydrogen-bond donors (Lipinski definition) is 1. The van der Waals surface area contributed by atoms with Gasteiger partial charge in [0, 0.05) is 11.1 Å². The summed E-state index contributed by atoms with van der Waals surface area (Å²) in [5.41, 5.74) is 3.41. The van der Waals surface area contributed by atoms with Crippen molar-refractivity contribution < 1.29 is 4.79 Å². The lowest BCUT2D eigenvalue weighted by atomic mass is 10.1. The molecule has 3 nitrogen and oxygen atoms in total. The predicted octanol–water partition coefficient (Wildman–Crippen LogP) is 3.28. The summed E-state index contributed by atoms with van der Waals surface area (Å²) in [5.74, 6) is 0.0898. The molecule has 1 N–H and O–H groups in total. The maximum atomic E-state index is 12.4. The summed E-state index contributed by atoms with van der Waals surface area (Å²) in [7, 11) is 0. The second-order valence-electron chi connectivity index (χ2n) is 5.41. The molecule has 0 unspecified atom stereocenters. The molecular weight excluding hydrogens is 280 g/mol. The highest BCUT2D eigenvalue weighted by atomic mass is 32.2. The number of hydrogen-bond acceptors (Lipinski definition) is 3. The van der Waals surface area contributed by atoms with E-state index in [4.69, 9.17) is 0 Å². The molecule has 2 atom stereocenters. The maximum absolute atomic E-state index is 12.4. The first-order valence-electron chi connectivity index (χ1n) is 7.11. The number of nitrogens with zero attached hydrogens (tertiary/aromatic N) is 1. The summed E-state index contributed by atoms with van der Waals surface area (Å²) in [5, 5.41) is 3.03. The highest BCUT2D eigenvalue weighted by Gasteiger charge is 2.29. The Hall–Kier alpha value is -1.81. The summed E-state index contributed by atoms with van der Waals surface area (Å²) in [6.45, 7) is 4.05. The summed E-state index contributed by atoms with van der Waals surface area (Å²) >= 11 is 1.66. The van der Waals surface area contributed by atoms with Crippen molar-refractivity contribution in [2.24, 2.45) is 0 Å². The third-order valence-corrected chi connectivity index (χ3v) is 4.98. The Balaban J connectivity index is 1.65. The van der Waals surface area contributed by atoms with Crippen LogP contribution < -0.4 is 5.32 Å². The smallest absolute Gasteiger partial charge is 0.234 e. The number of carbonyl (C=O) groups is 1. The summed E-state index contributed by atoms with van der Waals surface area (Å²) in [4.78, 5) is 17.9. The minimum absolute atomic E-state index is 0.0343. The molecule has 1 aliphatic rings. The van der Waals surface area contributed by atoms with Crippen molar-refractivity contribution in [2.45, 2.75) is 36.5 Å². The van der Waals surface area contributed by atoms with E-state index in [1.54, 1.807) is 18.0 Å². The molecule has 0 spiro atoms. The largest absolute Gasteiger partial charge is 0.347 e. The predicted molar refractivity (Wildman–Crippen MR) is 85.3 cm³/mol. The van der Waals surface area contributed by atoms with Gasteiger partial charge in [-0.2, -0.15) is 0 Å². The Morgan fingerprint density at radius 2 is 2.24 bits per heavy atom. The number of aromatic nitrogens is 1. The van der Waals surface area contributed by atoms with E-state index < -0.39 is 0 Å². The third-order valence-electron chi connectivity index (χ3n) is 3.68. The fraction of sp³-hybridized carbons (Fsp3) is 0.294. The van der Waals surface area contributed by atoms with Crippen LogP contribution in [0.25, 0.3) is 0 Å². The Labute approximate surface area is 129 Å². The van der Waals surface area contributed by atoms with Crippen LogP contribution in [0.2, 0.25) is 0 Å². The average Bonchev–Trinajstić information content (AvgIpc) is 2.91. The van der Waals surface area contributed by atoms with E-state index in [1.807, 2.05) is 25.1 Å². The summed E-state index contributed by atoms with van der Waals surface area (Å²) in [6.07, 6.45) is 2.56. The SMILES string of the molecule is Cc1ccc2c(c1)S[C@@H](C(=O)N[C@@H](C)c1ccccn1)C2. The van der Waals surface area contributed by atoms with Gasteiger partial charge in [0.05, 0.1) is 17.0 Å². The van der Waals surface area contributed by atoms with Crippen LogP contribution in [0.4, 0.5) is 0 Å². The molecule has 1 aliphatic heterocycles. The Bertz CT molecular complexity index is 657. The lowest BCUT2D eigenvalue weighted by molar-refractivity contribution is -0.121. The standard InChI is InChI=1S/C17H18N2OS/c1-11-6-7-13-10-16(21-15(13)9-11)17(20)19-12(2)14-5-3-4-8-18-14/h3-9,12,16H,10H2,1-2H3,(H,19,20)/t12-,16+/m0/s1. The van der Waals surface area contributed by atoms with Crippen LogP contribution in [0.3, 0.4) is 0 Å². The number of benzene rings is 1. The second kappa shape index (κ2) is 5.90. The first-order chi connectivity index (χ1) is 10.1. The molecule has 0 saturated heterocycles. The number of nitrogens with one attached hydrogen (secondary N) is 1. The molecule has 0 radical (unpaired) electrons. The third kappa shape index (κ3) is 3.10. The van der Waals surface area contributed by atoms with Crippen molar-refractivity contribution in [3.8, 4) is 0 Å². The molecule has 0 bridgehead atoms. The molecule has 0 fully saturated rings. The number of amides is 1. The van der Waals surface area contributed by atoms with Gasteiger partial charge in [-0.15, -0.1) is 11.8 Å². The summed E-state index contributed by atoms with van der Waals surface area (Å²) < 4.78 is 0. The first kappa shape index (κ1) is 14.1. The second-order valence-corrected chi connectivity index (χ2v) is 6.65. The topological polar surface area (TPSA) is 42.0 Å². The molecule has 3 rings (SSSR count). The van der Waals surface area contributed by atoms with Gasteiger partial charge in [0.25, 0.3) is 0 Å². The molecule has 2 heterocycles. The Morgan fingerprint density at radius 1 is 1.38 bits per heavy atom. The number of thioether (sulfide) groups is 1. The van der Waals surface area contributed by atoms with Crippen LogP contribution in [0.15, 0.2) is 47.5 Å². The molecule has 108 valence electrons. The highest BCUT2D eigenvalue weighted by molar-refractivity contribution is 8.01. The van der Waals surface area contributed by atoms with Gasteiger partial charge in [-0.25, -0.2) is 0 Å². The van der Waals surface area contributed by atoms with Gasteiger partial charge in [0.1, 0.15) is 0 Å². The summed E-state index contributed by atoms with van der Waals surface area (Å²) in [6, 6.07) is 12.1. The minimum atomic E-state index is -0.0650. The lowest BCUT2D eigenvalue weighted by Gasteiger charge is -2.16. The normalized spacial score (nSPS) is 18.1. The van der Waals surface area contributed by atoms with Crippen LogP contribution in [0.1, 0.15) is 29.8 Å². The number of rotatable bonds is 3. The zero-order valence-corrected chi connectivity index (χ0v) is 13.0. The van der Waals surface area contributed by atoms with E-state index in [0.29, 0.717) is 0 Å². The van der Waals surface area contributed by atoms with Crippen LogP contribution in [0.5, 0.6) is 0 Å². The van der Waals surface area contributed by atoms with Gasteiger partial charge in [-0.3, -0.25) is 9.78 Å². The van der Waals surface area contributed by atoms with Crippen molar-refractivity contribution >= 4 is 17.7 Å². The average molecular weight is 298 g/mol. The van der Waals surface area contributed by atoms with E-state index in [0.717, 1.165) is 12.1 Å². The van der Waals surface area contributed by atoms with Crippen LogP contribution in [-0.4, -0.2) is 16.1 Å². The van der Waals surface area contributed by atoms with E-state index in [1.165, 1.54) is 16.0 Å². The van der Waals surface area contributed by atoms with E-state index in [9.17, 15) is 4.79 Å². The van der Waals surface area contributed by atoms with E-state index in [2.05, 4.69) is 35.4 Å². The minimum Gasteiger partial charge on any atom is -0.347 e. The molecule has 1 aromatic heterocycles. The number of carbonyl (C=O) groups excluding carboxylic acids is 1. The molecule has 2 aromatic rings. The maximum Gasteiger partial charge on any atom is 0.234 e. The number of pyridine rings is 1. The molecule has 21 heavy (non-hydrogen) atoms. The van der Waals surface area contributed by atoms with Crippen molar-refractivity contribution in [3.63, 3.8) is 0 Å².